The summed E-state index contributed by atoms with van der Waals surface area (Å²) in [6, 6.07) is 16.4. The van der Waals surface area contributed by atoms with Crippen LogP contribution in [0.25, 0.3) is 0 Å². The van der Waals surface area contributed by atoms with Gasteiger partial charge in [-0.25, -0.2) is 8.42 Å². The van der Waals surface area contributed by atoms with E-state index in [0.717, 1.165) is 11.1 Å². The molecular weight excluding hydrogens is 450 g/mol. The molecule has 0 saturated carbocycles. The van der Waals surface area contributed by atoms with Gasteiger partial charge in [-0.1, -0.05) is 24.3 Å². The maximum absolute atomic E-state index is 13.1. The average molecular weight is 480 g/mol. The second-order valence-electron chi connectivity index (χ2n) is 8.51. The van der Waals surface area contributed by atoms with Crippen LogP contribution in [0, 0.1) is 20.8 Å². The molecule has 0 unspecified atom stereocenters. The SMILES string of the molecule is Cc1ccc(NS(=O)(=O)c2cc(C(=O)Nc3ccccc3C(=O)NC(C)C)ccc2C)cc1C. The van der Waals surface area contributed by atoms with Crippen molar-refractivity contribution >= 4 is 33.2 Å². The number of hydrogen-bond acceptors (Lipinski definition) is 4. The fourth-order valence-electron chi connectivity index (χ4n) is 3.37. The van der Waals surface area contributed by atoms with Gasteiger partial charge in [0.25, 0.3) is 21.8 Å². The van der Waals surface area contributed by atoms with E-state index in [9.17, 15) is 18.0 Å². The second kappa shape index (κ2) is 10.1. The minimum atomic E-state index is -3.93. The number of nitrogens with one attached hydrogen (secondary N) is 3. The Bertz CT molecular complexity index is 1350. The van der Waals surface area contributed by atoms with Crippen LogP contribution in [0.5, 0.6) is 0 Å². The minimum Gasteiger partial charge on any atom is -0.350 e. The standard InChI is InChI=1S/C26H29N3O4S/c1-16(2)27-26(31)22-8-6-7-9-23(22)28-25(30)20-12-10-18(4)24(15-20)34(32,33)29-21-13-11-17(3)19(5)14-21/h6-16,29H,1-5H3,(H,27,31)(H,28,30). The number of amides is 2. The highest BCUT2D eigenvalue weighted by molar-refractivity contribution is 7.92. The lowest BCUT2D eigenvalue weighted by Gasteiger charge is -2.15. The van der Waals surface area contributed by atoms with Gasteiger partial charge in [-0.05, 0) is 87.7 Å². The van der Waals surface area contributed by atoms with Crippen LogP contribution in [0.4, 0.5) is 11.4 Å². The summed E-state index contributed by atoms with van der Waals surface area (Å²) in [5, 5.41) is 5.53. The fraction of sp³-hybridized carbons (Fsp3) is 0.231. The molecule has 0 fully saturated rings. The number of carbonyl (C=O) groups is 2. The van der Waals surface area contributed by atoms with Crippen LogP contribution in [-0.4, -0.2) is 26.3 Å². The molecule has 3 aromatic carbocycles. The number of anilines is 2. The summed E-state index contributed by atoms with van der Waals surface area (Å²) in [7, 11) is -3.93. The van der Waals surface area contributed by atoms with E-state index in [1.165, 1.54) is 6.07 Å². The average Bonchev–Trinajstić information content (AvgIpc) is 2.76. The van der Waals surface area contributed by atoms with Crippen LogP contribution >= 0.6 is 0 Å². The van der Waals surface area contributed by atoms with Gasteiger partial charge in [0.05, 0.1) is 16.1 Å². The number of carbonyl (C=O) groups excluding carboxylic acids is 2. The van der Waals surface area contributed by atoms with E-state index in [1.807, 2.05) is 33.8 Å². The maximum atomic E-state index is 13.1. The van der Waals surface area contributed by atoms with Crippen LogP contribution in [0.2, 0.25) is 0 Å². The van der Waals surface area contributed by atoms with Crippen LogP contribution in [0.3, 0.4) is 0 Å². The predicted molar refractivity (Wildman–Crippen MR) is 135 cm³/mol. The molecule has 0 aromatic heterocycles. The number of aryl methyl sites for hydroxylation is 3. The topological polar surface area (TPSA) is 104 Å². The van der Waals surface area contributed by atoms with Gasteiger partial charge in [0.1, 0.15) is 0 Å². The van der Waals surface area contributed by atoms with E-state index in [-0.39, 0.29) is 22.4 Å². The third-order valence-corrected chi connectivity index (χ3v) is 6.86. The first-order valence-corrected chi connectivity index (χ1v) is 12.4. The Hall–Kier alpha value is -3.65. The first kappa shape index (κ1) is 25.0. The molecule has 8 heteroatoms. The van der Waals surface area contributed by atoms with Gasteiger partial charge in [-0.2, -0.15) is 0 Å². The van der Waals surface area contributed by atoms with Gasteiger partial charge in [0.15, 0.2) is 0 Å². The van der Waals surface area contributed by atoms with Crippen molar-refractivity contribution < 1.29 is 18.0 Å². The number of benzene rings is 3. The molecule has 34 heavy (non-hydrogen) atoms. The molecule has 3 aromatic rings. The molecule has 0 heterocycles. The van der Waals surface area contributed by atoms with Crippen molar-refractivity contribution in [1.82, 2.24) is 5.32 Å². The monoisotopic (exact) mass is 479 g/mol. The Balaban J connectivity index is 1.88. The van der Waals surface area contributed by atoms with Crippen LogP contribution < -0.4 is 15.4 Å². The molecule has 7 nitrogen and oxygen atoms in total. The van der Waals surface area contributed by atoms with Gasteiger partial charge in [0, 0.05) is 17.3 Å². The Morgan fingerprint density at radius 1 is 0.794 bits per heavy atom. The van der Waals surface area contributed by atoms with Gasteiger partial charge < -0.3 is 10.6 Å². The lowest BCUT2D eigenvalue weighted by atomic mass is 10.1. The van der Waals surface area contributed by atoms with E-state index in [4.69, 9.17) is 0 Å². The summed E-state index contributed by atoms with van der Waals surface area (Å²) in [5.74, 6) is -0.830. The van der Waals surface area contributed by atoms with Gasteiger partial charge >= 0.3 is 0 Å². The number of hydrogen-bond donors (Lipinski definition) is 3. The molecule has 3 rings (SSSR count). The fourth-order valence-corrected chi connectivity index (χ4v) is 4.69. The Kier molecular flexibility index (Phi) is 7.41. The van der Waals surface area contributed by atoms with Crippen molar-refractivity contribution in [1.29, 1.82) is 0 Å². The van der Waals surface area contributed by atoms with Gasteiger partial charge in [0.2, 0.25) is 0 Å². The largest absolute Gasteiger partial charge is 0.350 e. The third kappa shape index (κ3) is 5.82. The molecule has 0 radical (unpaired) electrons. The molecule has 3 N–H and O–H groups in total. The van der Waals surface area contributed by atoms with Gasteiger partial charge in [-0.15, -0.1) is 0 Å². The summed E-state index contributed by atoms with van der Waals surface area (Å²) in [6.07, 6.45) is 0. The smallest absolute Gasteiger partial charge is 0.262 e. The molecule has 0 aliphatic rings. The van der Waals surface area contributed by atoms with E-state index >= 15 is 0 Å². The zero-order chi connectivity index (χ0) is 25.0. The zero-order valence-electron chi connectivity index (χ0n) is 19.9. The molecule has 0 aliphatic carbocycles. The van der Waals surface area contributed by atoms with E-state index in [2.05, 4.69) is 15.4 Å². The number of rotatable bonds is 7. The first-order chi connectivity index (χ1) is 16.0. The zero-order valence-corrected chi connectivity index (χ0v) is 20.7. The molecule has 178 valence electrons. The molecule has 0 bridgehead atoms. The Morgan fingerprint density at radius 2 is 1.47 bits per heavy atom. The van der Waals surface area contributed by atoms with Crippen LogP contribution in [-0.2, 0) is 10.0 Å². The highest BCUT2D eigenvalue weighted by Gasteiger charge is 2.21. The quantitative estimate of drug-likeness (QED) is 0.453. The van der Waals surface area contributed by atoms with Crippen LogP contribution in [0.1, 0.15) is 51.3 Å². The number of para-hydroxylation sites is 1. The normalized spacial score (nSPS) is 11.2. The van der Waals surface area contributed by atoms with E-state index in [1.54, 1.807) is 55.5 Å². The lowest BCUT2D eigenvalue weighted by Crippen LogP contribution is -2.31. The van der Waals surface area contributed by atoms with E-state index < -0.39 is 15.9 Å². The second-order valence-corrected chi connectivity index (χ2v) is 10.2. The third-order valence-electron chi connectivity index (χ3n) is 5.34. The van der Waals surface area contributed by atoms with Crippen molar-refractivity contribution in [2.75, 3.05) is 10.0 Å². The van der Waals surface area contributed by atoms with Gasteiger partial charge in [-0.3, -0.25) is 14.3 Å². The summed E-state index contributed by atoms with van der Waals surface area (Å²) in [6.45, 7) is 9.22. The lowest BCUT2D eigenvalue weighted by molar-refractivity contribution is 0.0944. The molecule has 0 atom stereocenters. The summed E-state index contributed by atoms with van der Waals surface area (Å²) in [5.41, 5.74) is 3.78. The van der Waals surface area contributed by atoms with Crippen molar-refractivity contribution in [3.8, 4) is 0 Å². The van der Waals surface area contributed by atoms with Crippen molar-refractivity contribution in [2.24, 2.45) is 0 Å². The highest BCUT2D eigenvalue weighted by atomic mass is 32.2. The summed E-state index contributed by atoms with van der Waals surface area (Å²) >= 11 is 0. The van der Waals surface area contributed by atoms with E-state index in [0.29, 0.717) is 22.5 Å². The molecule has 2 amide bonds. The molecular formula is C26H29N3O4S. The summed E-state index contributed by atoms with van der Waals surface area (Å²) < 4.78 is 28.8. The van der Waals surface area contributed by atoms with Crippen molar-refractivity contribution in [3.63, 3.8) is 0 Å². The van der Waals surface area contributed by atoms with Crippen molar-refractivity contribution in [3.05, 3.63) is 88.5 Å². The van der Waals surface area contributed by atoms with Crippen LogP contribution in [0.15, 0.2) is 65.6 Å². The molecule has 0 spiro atoms. The maximum Gasteiger partial charge on any atom is 0.262 e. The summed E-state index contributed by atoms with van der Waals surface area (Å²) in [4.78, 5) is 25.5. The number of sulfonamides is 1. The Labute approximate surface area is 200 Å². The predicted octanol–water partition coefficient (Wildman–Crippen LogP) is 4.80. The minimum absolute atomic E-state index is 0.00390. The molecule has 0 aliphatic heterocycles. The first-order valence-electron chi connectivity index (χ1n) is 10.9. The molecule has 0 saturated heterocycles. The van der Waals surface area contributed by atoms with Crippen molar-refractivity contribution in [2.45, 2.75) is 45.6 Å². The highest BCUT2D eigenvalue weighted by Crippen LogP contribution is 2.23. The Morgan fingerprint density at radius 3 is 2.15 bits per heavy atom.